The lowest BCUT2D eigenvalue weighted by atomic mass is 9.95. The zero-order valence-electron chi connectivity index (χ0n) is 25.5. The molecule has 0 N–H and O–H groups in total. The van der Waals surface area contributed by atoms with Gasteiger partial charge in [-0.25, -0.2) is 14.6 Å². The number of allylic oxidation sites excluding steroid dienone is 2. The van der Waals surface area contributed by atoms with Crippen molar-refractivity contribution in [1.82, 2.24) is 4.57 Å². The number of carbonyl (C=O) groups excluding carboxylic acids is 2. The van der Waals surface area contributed by atoms with Crippen LogP contribution in [0.2, 0.25) is 0 Å². The van der Waals surface area contributed by atoms with Gasteiger partial charge in [0.1, 0.15) is 5.75 Å². The molecule has 10 nitrogen and oxygen atoms in total. The van der Waals surface area contributed by atoms with Gasteiger partial charge in [-0.1, -0.05) is 29.5 Å². The summed E-state index contributed by atoms with van der Waals surface area (Å²) in [6, 6.07) is 9.96. The highest BCUT2D eigenvalue weighted by Gasteiger charge is 2.34. The third-order valence-electron chi connectivity index (χ3n) is 6.72. The second kappa shape index (κ2) is 14.7. The fourth-order valence-corrected chi connectivity index (χ4v) is 5.88. The number of thiazole rings is 1. The van der Waals surface area contributed by atoms with Crippen LogP contribution in [0.25, 0.3) is 6.08 Å². The highest BCUT2D eigenvalue weighted by molar-refractivity contribution is 7.07. The molecule has 11 heteroatoms. The number of rotatable bonds is 13. The Morgan fingerprint density at radius 3 is 2.41 bits per heavy atom. The Morgan fingerprint density at radius 1 is 1.00 bits per heavy atom. The van der Waals surface area contributed by atoms with Gasteiger partial charge >= 0.3 is 11.9 Å². The Balaban J connectivity index is 1.88. The van der Waals surface area contributed by atoms with Crippen molar-refractivity contribution in [3.8, 4) is 17.2 Å². The van der Waals surface area contributed by atoms with Gasteiger partial charge in [-0.2, -0.15) is 0 Å². The number of aromatic nitrogens is 1. The van der Waals surface area contributed by atoms with Crippen molar-refractivity contribution in [1.29, 1.82) is 0 Å². The number of ether oxygens (including phenoxy) is 5. The molecule has 0 spiro atoms. The lowest BCUT2D eigenvalue weighted by Gasteiger charge is -2.25. The molecule has 232 valence electrons. The predicted molar refractivity (Wildman–Crippen MR) is 167 cm³/mol. The lowest BCUT2D eigenvalue weighted by molar-refractivity contribution is -0.143. The Labute approximate surface area is 259 Å². The van der Waals surface area contributed by atoms with Crippen LogP contribution in [0, 0.1) is 0 Å². The minimum atomic E-state index is -0.849. The van der Waals surface area contributed by atoms with Crippen LogP contribution in [0.3, 0.4) is 0 Å². The van der Waals surface area contributed by atoms with Gasteiger partial charge in [0.05, 0.1) is 48.8 Å². The number of nitrogens with zero attached hydrogens (tertiary/aromatic N) is 2. The fraction of sp³-hybridized carbons (Fsp3) is 0.333. The maximum Gasteiger partial charge on any atom is 0.343 e. The van der Waals surface area contributed by atoms with E-state index >= 15 is 0 Å². The lowest BCUT2D eigenvalue weighted by Crippen LogP contribution is -2.40. The van der Waals surface area contributed by atoms with Gasteiger partial charge < -0.3 is 23.7 Å². The highest BCUT2D eigenvalue weighted by Crippen LogP contribution is 2.36. The molecule has 0 fully saturated rings. The van der Waals surface area contributed by atoms with E-state index in [1.165, 1.54) is 23.0 Å². The Morgan fingerprint density at radius 2 is 1.73 bits per heavy atom. The van der Waals surface area contributed by atoms with Gasteiger partial charge in [-0.3, -0.25) is 9.36 Å². The average molecular weight is 621 g/mol. The summed E-state index contributed by atoms with van der Waals surface area (Å²) in [7, 11) is 1.27. The summed E-state index contributed by atoms with van der Waals surface area (Å²) in [5, 5.41) is 0. The SMILES string of the molecule is C=CCc1cc(/C=c2\sc3n(c2=O)[C@@H](c2ccc(OCC(=O)OC)c(OCC)c2)C(C(=O)OCC)=C(C)N=3)ccc1OCC. The van der Waals surface area contributed by atoms with Crippen molar-refractivity contribution >= 4 is 29.4 Å². The second-order valence-corrected chi connectivity index (χ2v) is 10.6. The zero-order chi connectivity index (χ0) is 31.8. The Hall–Kier alpha value is -4.64. The van der Waals surface area contributed by atoms with Crippen molar-refractivity contribution in [3.63, 3.8) is 0 Å². The van der Waals surface area contributed by atoms with Gasteiger partial charge in [0.15, 0.2) is 22.9 Å². The summed E-state index contributed by atoms with van der Waals surface area (Å²) in [6.07, 6.45) is 4.22. The normalized spacial score (nSPS) is 14.4. The largest absolute Gasteiger partial charge is 0.494 e. The minimum absolute atomic E-state index is 0.155. The molecule has 0 saturated heterocycles. The monoisotopic (exact) mass is 620 g/mol. The fourth-order valence-electron chi connectivity index (χ4n) is 4.84. The van der Waals surface area contributed by atoms with E-state index in [1.54, 1.807) is 38.1 Å². The van der Waals surface area contributed by atoms with Crippen LogP contribution in [-0.2, 0) is 25.5 Å². The van der Waals surface area contributed by atoms with Gasteiger partial charge in [0, 0.05) is 0 Å². The van der Waals surface area contributed by atoms with Crippen LogP contribution >= 0.6 is 11.3 Å². The van der Waals surface area contributed by atoms with Gasteiger partial charge in [0.25, 0.3) is 5.56 Å². The van der Waals surface area contributed by atoms with Crippen LogP contribution < -0.4 is 29.1 Å². The van der Waals surface area contributed by atoms with Gasteiger partial charge in [0.2, 0.25) is 0 Å². The van der Waals surface area contributed by atoms with E-state index in [9.17, 15) is 14.4 Å². The molecule has 0 radical (unpaired) electrons. The number of fused-ring (bicyclic) bond motifs is 1. The number of hydrogen-bond acceptors (Lipinski definition) is 10. The molecule has 0 bridgehead atoms. The van der Waals surface area contributed by atoms with Gasteiger partial charge in [-0.15, -0.1) is 6.58 Å². The first-order chi connectivity index (χ1) is 21.3. The van der Waals surface area contributed by atoms with E-state index in [4.69, 9.17) is 18.9 Å². The van der Waals surface area contributed by atoms with Crippen LogP contribution in [0.15, 0.2) is 70.1 Å². The predicted octanol–water partition coefficient (Wildman–Crippen LogP) is 3.88. The van der Waals surface area contributed by atoms with Gasteiger partial charge in [-0.05, 0) is 81.1 Å². The molecule has 2 heterocycles. The van der Waals surface area contributed by atoms with E-state index in [0.29, 0.717) is 51.7 Å². The summed E-state index contributed by atoms with van der Waals surface area (Å²) in [6.45, 7) is 11.7. The van der Waals surface area contributed by atoms with Crippen LogP contribution in [0.4, 0.5) is 0 Å². The maximum absolute atomic E-state index is 14.1. The number of methoxy groups -OCH3 is 1. The number of carbonyl (C=O) groups is 2. The zero-order valence-corrected chi connectivity index (χ0v) is 26.3. The summed E-state index contributed by atoms with van der Waals surface area (Å²) in [4.78, 5) is 44.1. The van der Waals surface area contributed by atoms with Crippen LogP contribution in [0.1, 0.15) is 50.4 Å². The third kappa shape index (κ3) is 6.94. The minimum Gasteiger partial charge on any atom is -0.494 e. The smallest absolute Gasteiger partial charge is 0.343 e. The van der Waals surface area contributed by atoms with Crippen molar-refractivity contribution in [2.24, 2.45) is 4.99 Å². The Kier molecular flexibility index (Phi) is 10.8. The standard InChI is InChI=1S/C33H36N2O8S/c1-7-11-22-16-21(12-14-24(22)40-8-2)17-27-31(37)35-30(29(32(38)42-10-4)20(5)34-33(35)44-27)23-13-15-25(26(18-23)41-9-3)43-19-28(36)39-6/h7,12-18,30H,1,8-11,19H2,2-6H3/b27-17-/t30-/m0/s1. The molecular weight excluding hydrogens is 584 g/mol. The van der Waals surface area contributed by atoms with Crippen molar-refractivity contribution in [2.45, 2.75) is 40.2 Å². The molecule has 4 rings (SSSR count). The highest BCUT2D eigenvalue weighted by atomic mass is 32.1. The van der Waals surface area contributed by atoms with Crippen LogP contribution in [0.5, 0.6) is 17.2 Å². The van der Waals surface area contributed by atoms with E-state index < -0.39 is 18.0 Å². The van der Waals surface area contributed by atoms with Crippen molar-refractivity contribution < 1.29 is 33.3 Å². The molecule has 2 aromatic carbocycles. The molecule has 1 aliphatic heterocycles. The molecule has 44 heavy (non-hydrogen) atoms. The third-order valence-corrected chi connectivity index (χ3v) is 7.70. The number of hydrogen-bond donors (Lipinski definition) is 0. The molecule has 0 saturated carbocycles. The molecule has 0 unspecified atom stereocenters. The molecule has 1 atom stereocenters. The first-order valence-electron chi connectivity index (χ1n) is 14.3. The molecule has 1 aromatic heterocycles. The van der Waals surface area contributed by atoms with Crippen molar-refractivity contribution in [2.75, 3.05) is 33.5 Å². The Bertz CT molecular complexity index is 1770. The number of esters is 2. The summed E-state index contributed by atoms with van der Waals surface area (Å²) < 4.78 is 29.2. The summed E-state index contributed by atoms with van der Waals surface area (Å²) in [5.41, 5.74) is 2.73. The second-order valence-electron chi connectivity index (χ2n) is 9.60. The van der Waals surface area contributed by atoms with Crippen LogP contribution in [-0.4, -0.2) is 50.0 Å². The van der Waals surface area contributed by atoms with Crippen molar-refractivity contribution in [3.05, 3.63) is 96.7 Å². The van der Waals surface area contributed by atoms with E-state index in [-0.39, 0.29) is 24.3 Å². The summed E-state index contributed by atoms with van der Waals surface area (Å²) >= 11 is 1.23. The van der Waals surface area contributed by atoms with E-state index in [2.05, 4.69) is 16.3 Å². The summed E-state index contributed by atoms with van der Waals surface area (Å²) in [5.74, 6) is 0.314. The van der Waals surface area contributed by atoms with E-state index in [1.807, 2.05) is 38.1 Å². The molecule has 1 aliphatic rings. The molecular formula is C33H36N2O8S. The number of benzene rings is 2. The maximum atomic E-state index is 14.1. The van der Waals surface area contributed by atoms with E-state index in [0.717, 1.165) is 16.9 Å². The first-order valence-corrected chi connectivity index (χ1v) is 15.1. The average Bonchev–Trinajstić information content (AvgIpc) is 3.31. The molecule has 0 aliphatic carbocycles. The topological polar surface area (TPSA) is 115 Å². The quantitative estimate of drug-likeness (QED) is 0.209. The molecule has 0 amide bonds. The molecule has 3 aromatic rings. The first kappa shape index (κ1) is 32.3.